The molecule has 2 N–H and O–H groups in total. The van der Waals surface area contributed by atoms with Crippen molar-refractivity contribution in [1.82, 2.24) is 14.9 Å². The van der Waals surface area contributed by atoms with Crippen molar-refractivity contribution in [3.63, 3.8) is 0 Å². The van der Waals surface area contributed by atoms with Gasteiger partial charge in [0.25, 0.3) is 0 Å². The smallest absolute Gasteiger partial charge is 0.191 e. The highest BCUT2D eigenvalue weighted by molar-refractivity contribution is 14.0. The predicted octanol–water partition coefficient (Wildman–Crippen LogP) is 2.40. The molecule has 0 amide bonds. The molecule has 1 aliphatic rings. The minimum Gasteiger partial charge on any atom is -0.370 e. The number of hydrogen-bond donors (Lipinski definition) is 1. The Bertz CT molecular complexity index is 433. The van der Waals surface area contributed by atoms with Crippen LogP contribution in [0.4, 0.5) is 0 Å². The fourth-order valence-corrected chi connectivity index (χ4v) is 2.44. The summed E-state index contributed by atoms with van der Waals surface area (Å²) in [6.45, 7) is 6.46. The molecule has 0 spiro atoms. The van der Waals surface area contributed by atoms with Crippen LogP contribution in [0.3, 0.4) is 0 Å². The minimum absolute atomic E-state index is 0. The summed E-state index contributed by atoms with van der Waals surface area (Å²) in [7, 11) is 0. The molecule has 2 rings (SSSR count). The summed E-state index contributed by atoms with van der Waals surface area (Å²) in [6.07, 6.45) is 5.02. The largest absolute Gasteiger partial charge is 0.370 e. The Balaban J connectivity index is 0.00000200. The van der Waals surface area contributed by atoms with Gasteiger partial charge in [-0.05, 0) is 32.8 Å². The number of rotatable bonds is 2. The molecule has 0 aromatic carbocycles. The van der Waals surface area contributed by atoms with Crippen molar-refractivity contribution in [2.75, 3.05) is 13.1 Å². The SMILES string of the molecule is Cc1cc(CN=C(N)N2CCCCCC2)nc(C)n1.I. The molecular weight excluding hydrogens is 365 g/mol. The van der Waals surface area contributed by atoms with Gasteiger partial charge in [-0.1, -0.05) is 12.8 Å². The quantitative estimate of drug-likeness (QED) is 0.479. The van der Waals surface area contributed by atoms with Crippen LogP contribution in [0.1, 0.15) is 42.9 Å². The van der Waals surface area contributed by atoms with Crippen molar-refractivity contribution in [3.05, 3.63) is 23.3 Å². The summed E-state index contributed by atoms with van der Waals surface area (Å²) in [4.78, 5) is 15.3. The number of likely N-dealkylation sites (tertiary alicyclic amines) is 1. The van der Waals surface area contributed by atoms with E-state index in [4.69, 9.17) is 5.73 Å². The van der Waals surface area contributed by atoms with E-state index in [1.165, 1.54) is 25.7 Å². The fourth-order valence-electron chi connectivity index (χ4n) is 2.44. The van der Waals surface area contributed by atoms with E-state index in [0.717, 1.165) is 30.3 Å². The first kappa shape index (κ1) is 17.1. The zero-order valence-electron chi connectivity index (χ0n) is 12.3. The van der Waals surface area contributed by atoms with Crippen LogP contribution in [0.2, 0.25) is 0 Å². The van der Waals surface area contributed by atoms with E-state index in [9.17, 15) is 0 Å². The summed E-state index contributed by atoms with van der Waals surface area (Å²) < 4.78 is 0. The summed E-state index contributed by atoms with van der Waals surface area (Å²) in [5.41, 5.74) is 7.99. The molecule has 5 nitrogen and oxygen atoms in total. The van der Waals surface area contributed by atoms with Gasteiger partial charge in [-0.2, -0.15) is 0 Å². The normalized spacial score (nSPS) is 16.5. The molecule has 0 unspecified atom stereocenters. The van der Waals surface area contributed by atoms with Crippen LogP contribution in [-0.4, -0.2) is 33.9 Å². The molecule has 0 aliphatic carbocycles. The third-order valence-corrected chi connectivity index (χ3v) is 3.35. The molecule has 112 valence electrons. The highest BCUT2D eigenvalue weighted by Crippen LogP contribution is 2.09. The maximum absolute atomic E-state index is 6.07. The molecule has 1 fully saturated rings. The number of aryl methyl sites for hydroxylation is 2. The van der Waals surface area contributed by atoms with Crippen LogP contribution >= 0.6 is 24.0 Å². The van der Waals surface area contributed by atoms with Crippen LogP contribution in [0.5, 0.6) is 0 Å². The third kappa shape index (κ3) is 5.22. The van der Waals surface area contributed by atoms with Gasteiger partial charge in [-0.25, -0.2) is 15.0 Å². The van der Waals surface area contributed by atoms with Gasteiger partial charge in [0.2, 0.25) is 0 Å². The molecule has 0 saturated carbocycles. The first-order valence-corrected chi connectivity index (χ1v) is 7.01. The van der Waals surface area contributed by atoms with Gasteiger partial charge in [-0.15, -0.1) is 24.0 Å². The lowest BCUT2D eigenvalue weighted by molar-refractivity contribution is 0.428. The van der Waals surface area contributed by atoms with Gasteiger partial charge in [0.1, 0.15) is 5.82 Å². The van der Waals surface area contributed by atoms with Gasteiger partial charge >= 0.3 is 0 Å². The average molecular weight is 389 g/mol. The van der Waals surface area contributed by atoms with Gasteiger partial charge in [-0.3, -0.25) is 0 Å². The van der Waals surface area contributed by atoms with E-state index in [-0.39, 0.29) is 24.0 Å². The van der Waals surface area contributed by atoms with Crippen LogP contribution in [-0.2, 0) is 6.54 Å². The molecule has 6 heteroatoms. The van der Waals surface area contributed by atoms with Crippen molar-refractivity contribution in [3.8, 4) is 0 Å². The number of nitrogens with two attached hydrogens (primary N) is 1. The van der Waals surface area contributed by atoms with Crippen LogP contribution < -0.4 is 5.73 Å². The first-order valence-electron chi connectivity index (χ1n) is 7.01. The van der Waals surface area contributed by atoms with Gasteiger partial charge in [0.15, 0.2) is 5.96 Å². The first-order chi connectivity index (χ1) is 9.15. The molecule has 0 radical (unpaired) electrons. The molecule has 0 atom stereocenters. The lowest BCUT2D eigenvalue weighted by atomic mass is 10.2. The number of aromatic nitrogens is 2. The lowest BCUT2D eigenvalue weighted by Crippen LogP contribution is -2.38. The van der Waals surface area contributed by atoms with Crippen molar-refractivity contribution in [2.45, 2.75) is 46.1 Å². The molecule has 1 saturated heterocycles. The van der Waals surface area contributed by atoms with Crippen LogP contribution in [0.25, 0.3) is 0 Å². The highest BCUT2D eigenvalue weighted by Gasteiger charge is 2.10. The standard InChI is InChI=1S/C14H23N5.HI/c1-11-9-13(18-12(2)17-11)10-16-14(15)19-7-5-3-4-6-8-19;/h9H,3-8,10H2,1-2H3,(H2,15,16);1H. The van der Waals surface area contributed by atoms with Crippen molar-refractivity contribution >= 4 is 29.9 Å². The van der Waals surface area contributed by atoms with Crippen LogP contribution in [0, 0.1) is 13.8 Å². The monoisotopic (exact) mass is 389 g/mol. The maximum Gasteiger partial charge on any atom is 0.191 e. The zero-order chi connectivity index (χ0) is 13.7. The topological polar surface area (TPSA) is 67.4 Å². The van der Waals surface area contributed by atoms with Crippen molar-refractivity contribution < 1.29 is 0 Å². The Kier molecular flexibility index (Phi) is 7.18. The zero-order valence-corrected chi connectivity index (χ0v) is 14.6. The Hall–Kier alpha value is -0.920. The van der Waals surface area contributed by atoms with Gasteiger partial charge < -0.3 is 10.6 Å². The Morgan fingerprint density at radius 3 is 2.45 bits per heavy atom. The molecule has 1 aromatic rings. The highest BCUT2D eigenvalue weighted by atomic mass is 127. The third-order valence-electron chi connectivity index (χ3n) is 3.35. The summed E-state index contributed by atoms with van der Waals surface area (Å²) in [5.74, 6) is 1.44. The molecule has 0 bridgehead atoms. The Morgan fingerprint density at radius 2 is 1.85 bits per heavy atom. The van der Waals surface area contributed by atoms with E-state index in [2.05, 4.69) is 19.9 Å². The Morgan fingerprint density at radius 1 is 1.20 bits per heavy atom. The second kappa shape index (κ2) is 8.39. The van der Waals surface area contributed by atoms with Crippen molar-refractivity contribution in [2.24, 2.45) is 10.7 Å². The summed E-state index contributed by atoms with van der Waals surface area (Å²) >= 11 is 0. The number of guanidine groups is 1. The molecule has 1 aliphatic heterocycles. The lowest BCUT2D eigenvalue weighted by Gasteiger charge is -2.21. The molecule has 2 heterocycles. The molecule has 20 heavy (non-hydrogen) atoms. The van der Waals surface area contributed by atoms with E-state index in [0.29, 0.717) is 12.5 Å². The number of hydrogen-bond acceptors (Lipinski definition) is 3. The average Bonchev–Trinajstić information content (AvgIpc) is 2.63. The Labute approximate surface area is 138 Å². The van der Waals surface area contributed by atoms with Gasteiger partial charge in [0, 0.05) is 18.8 Å². The van der Waals surface area contributed by atoms with Gasteiger partial charge in [0.05, 0.1) is 12.2 Å². The van der Waals surface area contributed by atoms with Crippen LogP contribution in [0.15, 0.2) is 11.1 Å². The number of nitrogens with zero attached hydrogens (tertiary/aromatic N) is 4. The maximum atomic E-state index is 6.07. The number of aliphatic imine (C=N–C) groups is 1. The second-order valence-electron chi connectivity index (χ2n) is 5.12. The van der Waals surface area contributed by atoms with E-state index in [1.807, 2.05) is 19.9 Å². The minimum atomic E-state index is 0. The number of halogens is 1. The molecule has 1 aromatic heterocycles. The van der Waals surface area contributed by atoms with E-state index in [1.54, 1.807) is 0 Å². The molecular formula is C14H24IN5. The second-order valence-corrected chi connectivity index (χ2v) is 5.12. The summed E-state index contributed by atoms with van der Waals surface area (Å²) in [5, 5.41) is 0. The summed E-state index contributed by atoms with van der Waals surface area (Å²) in [6, 6.07) is 1.96. The van der Waals surface area contributed by atoms with Crippen molar-refractivity contribution in [1.29, 1.82) is 0 Å². The predicted molar refractivity (Wildman–Crippen MR) is 92.3 cm³/mol. The van der Waals surface area contributed by atoms with E-state index >= 15 is 0 Å². The fraction of sp³-hybridized carbons (Fsp3) is 0.643. The van der Waals surface area contributed by atoms with E-state index < -0.39 is 0 Å².